The van der Waals surface area contributed by atoms with Gasteiger partial charge in [-0.05, 0) is 12.1 Å². The SMILES string of the molecule is Cn1cc(S(=O)(=O)Nc2ccccc2C#CCCO)cn1. The zero-order valence-corrected chi connectivity index (χ0v) is 12.3. The first-order valence-corrected chi connectivity index (χ1v) is 7.71. The summed E-state index contributed by atoms with van der Waals surface area (Å²) in [5, 5.41) is 12.6. The maximum absolute atomic E-state index is 12.2. The Morgan fingerprint density at radius 3 is 2.81 bits per heavy atom. The number of hydrogen-bond acceptors (Lipinski definition) is 4. The Morgan fingerprint density at radius 2 is 2.14 bits per heavy atom. The lowest BCUT2D eigenvalue weighted by Gasteiger charge is -2.08. The van der Waals surface area contributed by atoms with Crippen molar-refractivity contribution in [2.45, 2.75) is 11.3 Å². The van der Waals surface area contributed by atoms with Crippen LogP contribution in [0.5, 0.6) is 0 Å². The van der Waals surface area contributed by atoms with Crippen molar-refractivity contribution < 1.29 is 13.5 Å². The van der Waals surface area contributed by atoms with Gasteiger partial charge in [0, 0.05) is 25.2 Å². The highest BCUT2D eigenvalue weighted by Crippen LogP contribution is 2.19. The van der Waals surface area contributed by atoms with Gasteiger partial charge in [0.05, 0.1) is 18.5 Å². The summed E-state index contributed by atoms with van der Waals surface area (Å²) in [6.45, 7) is -0.0312. The molecular weight excluding hydrogens is 290 g/mol. The first-order valence-electron chi connectivity index (χ1n) is 6.23. The fourth-order valence-electron chi connectivity index (χ4n) is 1.64. The number of hydrogen-bond donors (Lipinski definition) is 2. The van der Waals surface area contributed by atoms with Gasteiger partial charge in [-0.2, -0.15) is 5.10 Å². The Hall–Kier alpha value is -2.30. The van der Waals surface area contributed by atoms with Gasteiger partial charge in [-0.3, -0.25) is 9.40 Å². The predicted octanol–water partition coefficient (Wildman–Crippen LogP) is 0.955. The molecule has 2 rings (SSSR count). The van der Waals surface area contributed by atoms with Crippen molar-refractivity contribution in [3.8, 4) is 11.8 Å². The molecule has 0 amide bonds. The minimum absolute atomic E-state index is 0.0312. The van der Waals surface area contributed by atoms with Gasteiger partial charge in [0.1, 0.15) is 4.90 Å². The number of anilines is 1. The van der Waals surface area contributed by atoms with Crippen LogP contribution in [-0.2, 0) is 17.1 Å². The number of aryl methyl sites for hydroxylation is 1. The molecule has 0 fully saturated rings. The highest BCUT2D eigenvalue weighted by molar-refractivity contribution is 7.92. The van der Waals surface area contributed by atoms with Gasteiger partial charge in [0.25, 0.3) is 10.0 Å². The van der Waals surface area contributed by atoms with Crippen LogP contribution in [0.15, 0.2) is 41.6 Å². The summed E-state index contributed by atoms with van der Waals surface area (Å²) in [6.07, 6.45) is 3.04. The minimum Gasteiger partial charge on any atom is -0.395 e. The summed E-state index contributed by atoms with van der Waals surface area (Å²) in [4.78, 5) is 0.0862. The van der Waals surface area contributed by atoms with E-state index < -0.39 is 10.0 Å². The van der Waals surface area contributed by atoms with Crippen LogP contribution >= 0.6 is 0 Å². The Balaban J connectivity index is 2.30. The van der Waals surface area contributed by atoms with Crippen molar-refractivity contribution in [1.82, 2.24) is 9.78 Å². The molecule has 21 heavy (non-hydrogen) atoms. The van der Waals surface area contributed by atoms with E-state index >= 15 is 0 Å². The number of nitrogens with one attached hydrogen (secondary N) is 1. The molecule has 2 aromatic rings. The number of sulfonamides is 1. The number of rotatable bonds is 4. The van der Waals surface area contributed by atoms with Crippen molar-refractivity contribution in [3.63, 3.8) is 0 Å². The molecular formula is C14H15N3O3S. The Morgan fingerprint density at radius 1 is 1.38 bits per heavy atom. The third kappa shape index (κ3) is 3.84. The van der Waals surface area contributed by atoms with Crippen LogP contribution in [-0.4, -0.2) is 29.9 Å². The summed E-state index contributed by atoms with van der Waals surface area (Å²) < 4.78 is 28.4. The van der Waals surface area contributed by atoms with Gasteiger partial charge < -0.3 is 5.11 Å². The van der Waals surface area contributed by atoms with Gasteiger partial charge >= 0.3 is 0 Å². The molecule has 0 atom stereocenters. The standard InChI is InChI=1S/C14H15N3O3S/c1-17-11-13(10-15-17)21(19,20)16-14-8-3-2-6-12(14)7-4-5-9-18/h2-3,6,8,10-11,16,18H,5,9H2,1H3. The van der Waals surface area contributed by atoms with E-state index in [2.05, 4.69) is 21.7 Å². The maximum Gasteiger partial charge on any atom is 0.265 e. The first-order chi connectivity index (χ1) is 10.0. The second kappa shape index (κ2) is 6.43. The fourth-order valence-corrected chi connectivity index (χ4v) is 2.70. The lowest BCUT2D eigenvalue weighted by Crippen LogP contribution is -2.13. The monoisotopic (exact) mass is 305 g/mol. The smallest absolute Gasteiger partial charge is 0.265 e. The number of benzene rings is 1. The van der Waals surface area contributed by atoms with Crippen LogP contribution in [0.25, 0.3) is 0 Å². The molecule has 1 aromatic heterocycles. The molecule has 0 saturated heterocycles. The van der Waals surface area contributed by atoms with Gasteiger partial charge in [-0.1, -0.05) is 24.0 Å². The quantitative estimate of drug-likeness (QED) is 0.824. The molecule has 0 bridgehead atoms. The number of aliphatic hydroxyl groups is 1. The molecule has 0 aliphatic rings. The summed E-state index contributed by atoms with van der Waals surface area (Å²) in [6, 6.07) is 6.84. The van der Waals surface area contributed by atoms with E-state index in [-0.39, 0.29) is 11.5 Å². The van der Waals surface area contributed by atoms with Crippen molar-refractivity contribution in [2.75, 3.05) is 11.3 Å². The maximum atomic E-state index is 12.2. The highest BCUT2D eigenvalue weighted by Gasteiger charge is 2.17. The largest absolute Gasteiger partial charge is 0.395 e. The molecule has 1 aromatic carbocycles. The summed E-state index contributed by atoms with van der Waals surface area (Å²) in [7, 11) is -2.05. The van der Waals surface area contributed by atoms with E-state index in [1.54, 1.807) is 31.3 Å². The molecule has 2 N–H and O–H groups in total. The summed E-state index contributed by atoms with van der Waals surface area (Å²) >= 11 is 0. The van der Waals surface area contributed by atoms with E-state index in [0.29, 0.717) is 17.7 Å². The van der Waals surface area contributed by atoms with Crippen molar-refractivity contribution in [1.29, 1.82) is 0 Å². The van der Waals surface area contributed by atoms with Crippen LogP contribution in [0.2, 0.25) is 0 Å². The summed E-state index contributed by atoms with van der Waals surface area (Å²) in [5.41, 5.74) is 0.949. The van der Waals surface area contributed by atoms with E-state index in [1.807, 2.05) is 0 Å². The van der Waals surface area contributed by atoms with Crippen LogP contribution in [0.3, 0.4) is 0 Å². The van der Waals surface area contributed by atoms with Crippen LogP contribution in [0, 0.1) is 11.8 Å². The van der Waals surface area contributed by atoms with E-state index in [9.17, 15) is 8.42 Å². The average molecular weight is 305 g/mol. The average Bonchev–Trinajstić information content (AvgIpc) is 2.88. The van der Waals surface area contributed by atoms with Gasteiger partial charge in [0.2, 0.25) is 0 Å². The van der Waals surface area contributed by atoms with E-state index in [0.717, 1.165) is 0 Å². The number of aliphatic hydroxyl groups excluding tert-OH is 1. The minimum atomic E-state index is -3.70. The third-order valence-corrected chi connectivity index (χ3v) is 3.94. The van der Waals surface area contributed by atoms with Crippen LogP contribution in [0.4, 0.5) is 5.69 Å². The highest BCUT2D eigenvalue weighted by atomic mass is 32.2. The number of aromatic nitrogens is 2. The Kier molecular flexibility index (Phi) is 4.62. The zero-order valence-electron chi connectivity index (χ0n) is 11.4. The van der Waals surface area contributed by atoms with Crippen molar-refractivity contribution in [2.24, 2.45) is 7.05 Å². The molecule has 0 spiro atoms. The Bertz CT molecular complexity index is 785. The lowest BCUT2D eigenvalue weighted by molar-refractivity contribution is 0.305. The number of para-hydroxylation sites is 1. The fraction of sp³-hybridized carbons (Fsp3) is 0.214. The van der Waals surface area contributed by atoms with Gasteiger partial charge in [-0.25, -0.2) is 8.42 Å². The second-order valence-electron chi connectivity index (χ2n) is 4.28. The molecule has 0 aliphatic carbocycles. The second-order valence-corrected chi connectivity index (χ2v) is 5.96. The van der Waals surface area contributed by atoms with Crippen molar-refractivity contribution >= 4 is 15.7 Å². The van der Waals surface area contributed by atoms with Gasteiger partial charge in [-0.15, -0.1) is 0 Å². The lowest BCUT2D eigenvalue weighted by atomic mass is 10.2. The molecule has 6 nitrogen and oxygen atoms in total. The molecule has 0 aliphatic heterocycles. The molecule has 0 saturated carbocycles. The molecule has 0 radical (unpaired) electrons. The molecule has 7 heteroatoms. The molecule has 110 valence electrons. The van der Waals surface area contributed by atoms with Crippen molar-refractivity contribution in [3.05, 3.63) is 42.2 Å². The van der Waals surface area contributed by atoms with Crippen LogP contribution in [0.1, 0.15) is 12.0 Å². The molecule has 0 unspecified atom stereocenters. The zero-order chi connectivity index (χ0) is 15.3. The topological polar surface area (TPSA) is 84.2 Å². The molecule has 1 heterocycles. The van der Waals surface area contributed by atoms with E-state index in [1.165, 1.54) is 17.1 Å². The normalized spacial score (nSPS) is 10.8. The van der Waals surface area contributed by atoms with Gasteiger partial charge in [0.15, 0.2) is 0 Å². The summed E-state index contributed by atoms with van der Waals surface area (Å²) in [5.74, 6) is 5.61. The third-order valence-electron chi connectivity index (χ3n) is 2.62. The van der Waals surface area contributed by atoms with E-state index in [4.69, 9.17) is 5.11 Å². The number of nitrogens with zero attached hydrogens (tertiary/aromatic N) is 2. The van der Waals surface area contributed by atoms with Crippen LogP contribution < -0.4 is 4.72 Å². The Labute approximate surface area is 123 Å². The first kappa shape index (κ1) is 15.1. The predicted molar refractivity (Wildman–Crippen MR) is 79.0 cm³/mol.